The number of rotatable bonds is 9. The maximum Gasteiger partial charge on any atom is 0.416 e. The maximum absolute atomic E-state index is 14.2. The number of aromatic nitrogens is 2. The molecule has 436 valence electrons. The number of alkyl halides is 24. The Balaban J connectivity index is 0.000000357. The fraction of sp³-hybridized carbons (Fsp3) is 0.192. The fourth-order valence-electron chi connectivity index (χ4n) is 8.47. The van der Waals surface area contributed by atoms with E-state index in [-0.39, 0.29) is 18.0 Å². The van der Waals surface area contributed by atoms with Crippen molar-refractivity contribution in [2.45, 2.75) is 62.9 Å². The van der Waals surface area contributed by atoms with E-state index >= 15 is 0 Å². The number of halogens is 24. The van der Waals surface area contributed by atoms with Gasteiger partial charge >= 0.3 is 61.1 Å². The third kappa shape index (κ3) is 14.7. The number of carbonyl (C=O) groups excluding carboxylic acids is 2. The van der Waals surface area contributed by atoms with Crippen LogP contribution in [0.4, 0.5) is 105 Å². The van der Waals surface area contributed by atoms with Gasteiger partial charge in [-0.15, -0.1) is 0 Å². The van der Waals surface area contributed by atoms with Crippen LogP contribution in [-0.2, 0) is 56.0 Å². The highest BCUT2D eigenvalue weighted by molar-refractivity contribution is 7.20. The Morgan fingerprint density at radius 3 is 1.04 bits per heavy atom. The highest BCUT2D eigenvalue weighted by Crippen LogP contribution is 2.41. The molecule has 0 spiro atoms. The van der Waals surface area contributed by atoms with Crippen LogP contribution in [0.5, 0.6) is 5.75 Å². The average Bonchev–Trinajstić information content (AvgIpc) is 1.40. The molecule has 0 fully saturated rings. The number of ketones is 1. The molecule has 0 N–H and O–H groups in total. The minimum absolute atomic E-state index is 0.0325. The van der Waals surface area contributed by atoms with E-state index in [0.717, 1.165) is 5.56 Å². The van der Waals surface area contributed by atoms with Crippen LogP contribution in [0.3, 0.4) is 0 Å². The number of ether oxygens (including phenoxy) is 1. The molecule has 0 radical (unpaired) electrons. The summed E-state index contributed by atoms with van der Waals surface area (Å²) in [5.41, 5.74) is -28.4. The van der Waals surface area contributed by atoms with Crippen molar-refractivity contribution in [3.05, 3.63) is 207 Å². The van der Waals surface area contributed by atoms with Crippen LogP contribution in [-0.4, -0.2) is 22.9 Å². The van der Waals surface area contributed by atoms with Crippen molar-refractivity contribution in [2.24, 2.45) is 0 Å². The molecule has 6 aromatic carbocycles. The number of nitrogens with zero attached hydrogens (tertiary/aromatic N) is 2. The summed E-state index contributed by atoms with van der Waals surface area (Å²) >= 11 is 0. The lowest BCUT2D eigenvalue weighted by Gasteiger charge is -2.46. The quantitative estimate of drug-likeness (QED) is 0.0361. The number of aryl methyl sites for hydroxylation is 1. The molecule has 0 saturated carbocycles. The molecule has 30 heteroatoms. The van der Waals surface area contributed by atoms with Gasteiger partial charge in [0.1, 0.15) is 18.1 Å². The van der Waals surface area contributed by atoms with E-state index in [1.807, 2.05) is 25.1 Å². The molecule has 0 amide bonds. The highest BCUT2D eigenvalue weighted by atomic mass is 19.4. The van der Waals surface area contributed by atoms with Crippen LogP contribution in [0.1, 0.15) is 70.9 Å². The number of hydrogen-bond donors (Lipinski definition) is 0. The first-order valence-electron chi connectivity index (χ1n) is 22.5. The lowest BCUT2D eigenvalue weighted by molar-refractivity contribution is -0.686. The van der Waals surface area contributed by atoms with E-state index in [9.17, 15) is 115 Å². The molecule has 0 bridgehead atoms. The van der Waals surface area contributed by atoms with Gasteiger partial charge in [-0.25, -0.2) is 4.79 Å². The molecule has 0 unspecified atom stereocenters. The second kappa shape index (κ2) is 22.3. The van der Waals surface area contributed by atoms with Gasteiger partial charge in [-0.05, 0) is 48.9 Å². The number of hydrogen-bond acceptors (Lipinski definition) is 4. The molecule has 0 atom stereocenters. The maximum atomic E-state index is 14.2. The summed E-state index contributed by atoms with van der Waals surface area (Å²) in [5, 5.41) is 0. The Labute approximate surface area is 444 Å². The Hall–Kier alpha value is -8.08. The third-order valence-electron chi connectivity index (χ3n) is 12.1. The van der Waals surface area contributed by atoms with Crippen molar-refractivity contribution in [3.8, 4) is 5.75 Å². The van der Waals surface area contributed by atoms with E-state index in [4.69, 9.17) is 4.74 Å². The molecule has 0 aliphatic carbocycles. The van der Waals surface area contributed by atoms with E-state index < -0.39 is 201 Å². The Kier molecular flexibility index (Phi) is 17.2. The zero-order chi connectivity index (χ0) is 61.6. The lowest BCUT2D eigenvalue weighted by Crippen LogP contribution is -2.75. The van der Waals surface area contributed by atoms with Crippen LogP contribution in [0.15, 0.2) is 146 Å². The van der Waals surface area contributed by atoms with Crippen molar-refractivity contribution < 1.29 is 124 Å². The molecule has 0 saturated heterocycles. The van der Waals surface area contributed by atoms with E-state index in [1.54, 1.807) is 47.2 Å². The lowest BCUT2D eigenvalue weighted by atomic mass is 9.12. The van der Waals surface area contributed by atoms with E-state index in [1.165, 1.54) is 12.4 Å². The molecular weight excluding hydrogens is 1170 g/mol. The second-order valence-electron chi connectivity index (χ2n) is 17.8. The molecule has 5 nitrogen and oxygen atoms in total. The first-order chi connectivity index (χ1) is 37.4. The monoisotopic (exact) mass is 1200 g/mol. The Morgan fingerprint density at radius 2 is 0.744 bits per heavy atom. The molecule has 0 aliphatic rings. The largest absolute Gasteiger partial charge is 0.419 e. The Bertz CT molecular complexity index is 3050. The second-order valence-corrected chi connectivity index (χ2v) is 17.8. The van der Waals surface area contributed by atoms with Crippen molar-refractivity contribution in [3.63, 3.8) is 0 Å². The van der Waals surface area contributed by atoms with Crippen molar-refractivity contribution in [2.75, 3.05) is 0 Å². The summed E-state index contributed by atoms with van der Waals surface area (Å²) in [4.78, 5) is 28.8. The van der Waals surface area contributed by atoms with Crippen LogP contribution in [0.2, 0.25) is 0 Å². The average molecular weight is 1200 g/mol. The highest BCUT2D eigenvalue weighted by Gasteiger charge is 2.47. The topological polar surface area (TPSA) is 60.1 Å². The summed E-state index contributed by atoms with van der Waals surface area (Å²) in [7, 11) is 0. The van der Waals surface area contributed by atoms with E-state index in [2.05, 4.69) is 4.98 Å². The summed E-state index contributed by atoms with van der Waals surface area (Å²) in [6, 6.07) is 7.34. The zero-order valence-corrected chi connectivity index (χ0v) is 40.3. The summed E-state index contributed by atoms with van der Waals surface area (Å²) < 4.78 is 348. The van der Waals surface area contributed by atoms with Gasteiger partial charge in [0, 0.05) is 5.56 Å². The van der Waals surface area contributed by atoms with E-state index in [0.29, 0.717) is 11.3 Å². The molecular formula is C52H29BF24N2O3. The van der Waals surface area contributed by atoms with Gasteiger partial charge in [0.15, 0.2) is 6.20 Å². The zero-order valence-electron chi connectivity index (χ0n) is 40.3. The normalized spacial score (nSPS) is 13.1. The fourth-order valence-corrected chi connectivity index (χ4v) is 8.47. The first kappa shape index (κ1) is 63.1. The molecule has 7 rings (SSSR count). The SMILES string of the molecule is Cc1cccc(OC(=O)c2cncc[n+]2CC(=O)c2ccccc2)c1.FC(F)(F)c1cc([B-](c2cc(C(F)(F)F)cc(C(F)(F)F)c2)(c2cc(C(F)(F)F)cc(C(F)(F)F)c2)c2cc(C(F)(F)F)cc(C(F)(F)F)c2)cc(C(F)(F)F)c1. The summed E-state index contributed by atoms with van der Waals surface area (Å²) in [5.74, 6) is -0.198. The number of esters is 1. The van der Waals surface area contributed by atoms with Crippen LogP contribution < -0.4 is 31.2 Å². The molecule has 1 aromatic heterocycles. The van der Waals surface area contributed by atoms with Gasteiger partial charge in [-0.1, -0.05) is 91.0 Å². The van der Waals surface area contributed by atoms with Gasteiger partial charge in [0.2, 0.25) is 12.3 Å². The van der Waals surface area contributed by atoms with Crippen LogP contribution in [0, 0.1) is 6.92 Å². The summed E-state index contributed by atoms with van der Waals surface area (Å²) in [6.45, 7) is 1.95. The molecule has 7 aromatic rings. The molecule has 82 heavy (non-hydrogen) atoms. The Morgan fingerprint density at radius 1 is 0.427 bits per heavy atom. The molecule has 1 heterocycles. The van der Waals surface area contributed by atoms with Gasteiger partial charge in [-0.2, -0.15) is 132 Å². The van der Waals surface area contributed by atoms with Gasteiger partial charge in [-0.3, -0.25) is 9.78 Å². The molecule has 0 aliphatic heterocycles. The minimum Gasteiger partial charge on any atom is -0.419 e. The van der Waals surface area contributed by atoms with Crippen molar-refractivity contribution in [1.82, 2.24) is 4.98 Å². The van der Waals surface area contributed by atoms with Crippen LogP contribution >= 0.6 is 0 Å². The van der Waals surface area contributed by atoms with Gasteiger partial charge in [0.25, 0.3) is 0 Å². The predicted molar refractivity (Wildman–Crippen MR) is 241 cm³/mol. The predicted octanol–water partition coefficient (Wildman–Crippen LogP) is 14.0. The van der Waals surface area contributed by atoms with Crippen molar-refractivity contribution >= 4 is 39.7 Å². The minimum atomic E-state index is -6.13. The number of Topliss-reactive ketones (excluding diaryl/α,β-unsaturated/α-hetero) is 1. The standard InChI is InChI=1S/C32H12BF24.C20H17N2O3/c34-25(35,36)13-1-14(26(37,38)39)6-21(5-13)33(22-7-15(27(40,41)42)2-16(8-22)28(43,44)45,23-9-17(29(46,47)48)3-18(10-23)30(49,50)51)24-11-19(31(52,53)54)4-20(12-24)32(55,56)57;1-15-6-5-9-17(12-15)25-20(24)18-13-21-10-11-22(18)14-19(23)16-7-3-2-4-8-16/h1-12H;2-13H,14H2,1H3/q-1;+1. The smallest absolute Gasteiger partial charge is 0.416 e. The van der Waals surface area contributed by atoms with Crippen LogP contribution in [0.25, 0.3) is 0 Å². The first-order valence-corrected chi connectivity index (χ1v) is 22.5. The van der Waals surface area contributed by atoms with Gasteiger partial charge < -0.3 is 4.74 Å². The van der Waals surface area contributed by atoms with Gasteiger partial charge in [0.05, 0.1) is 50.7 Å². The third-order valence-corrected chi connectivity index (χ3v) is 12.1. The number of carbonyl (C=O) groups is 2. The summed E-state index contributed by atoms with van der Waals surface area (Å²) in [6.07, 6.45) is -50.3. The number of benzene rings is 6. The van der Waals surface area contributed by atoms with Crippen molar-refractivity contribution in [1.29, 1.82) is 0 Å².